The van der Waals surface area contributed by atoms with Gasteiger partial charge in [0.1, 0.15) is 11.9 Å². The summed E-state index contributed by atoms with van der Waals surface area (Å²) in [5.74, 6) is 2.47. The van der Waals surface area contributed by atoms with Crippen molar-refractivity contribution in [3.05, 3.63) is 48.1 Å². The highest BCUT2D eigenvalue weighted by molar-refractivity contribution is 5.87. The molecule has 0 bridgehead atoms. The van der Waals surface area contributed by atoms with Crippen molar-refractivity contribution in [2.45, 2.75) is 131 Å². The third kappa shape index (κ3) is 5.50. The molecule has 4 heteroatoms. The molecule has 0 heterocycles. The Kier molecular flexibility index (Phi) is 8.80. The predicted molar refractivity (Wildman–Crippen MR) is 180 cm³/mol. The van der Waals surface area contributed by atoms with Crippen LogP contribution in [0, 0.1) is 51.2 Å². The maximum absolute atomic E-state index is 13.0. The molecule has 0 unspecified atom stereocenters. The first-order chi connectivity index (χ1) is 20.5. The average molecular weight is 605 g/mol. The fraction of sp³-hybridized carbons (Fsp3) is 0.725. The number of rotatable bonds is 8. The largest absolute Gasteiger partial charge is 0.508 e. The molecule has 244 valence electrons. The van der Waals surface area contributed by atoms with E-state index >= 15 is 0 Å². The molecular formula is C40H60O4. The third-order valence-corrected chi connectivity index (χ3v) is 14.5. The van der Waals surface area contributed by atoms with Crippen molar-refractivity contribution in [3.63, 3.8) is 0 Å². The molecule has 0 aromatic heterocycles. The molecule has 0 aliphatic heterocycles. The Hall–Kier alpha value is -2.07. The quantitative estimate of drug-likeness (QED) is 0.176. The number of phenols is 1. The van der Waals surface area contributed by atoms with Gasteiger partial charge in [0.2, 0.25) is 0 Å². The van der Waals surface area contributed by atoms with Gasteiger partial charge in [0.05, 0.1) is 5.60 Å². The Balaban J connectivity index is 1.31. The summed E-state index contributed by atoms with van der Waals surface area (Å²) in [6.07, 6.45) is 14.1. The molecule has 4 fully saturated rings. The average Bonchev–Trinajstić information content (AvgIpc) is 3.32. The molecule has 0 radical (unpaired) electrons. The molecule has 4 saturated carbocycles. The fourth-order valence-corrected chi connectivity index (χ4v) is 11.5. The Morgan fingerprint density at radius 2 is 1.64 bits per heavy atom. The first-order valence-electron chi connectivity index (χ1n) is 17.5. The van der Waals surface area contributed by atoms with Gasteiger partial charge in [-0.15, -0.1) is 0 Å². The van der Waals surface area contributed by atoms with Crippen LogP contribution >= 0.6 is 0 Å². The lowest BCUT2D eigenvalue weighted by molar-refractivity contribution is -0.229. The maximum Gasteiger partial charge on any atom is 0.331 e. The van der Waals surface area contributed by atoms with Gasteiger partial charge in [0.15, 0.2) is 0 Å². The van der Waals surface area contributed by atoms with Crippen LogP contribution in [0.3, 0.4) is 0 Å². The molecule has 4 aliphatic carbocycles. The molecular weight excluding hydrogens is 544 g/mol. The van der Waals surface area contributed by atoms with Crippen LogP contribution in [0.5, 0.6) is 5.75 Å². The third-order valence-electron chi connectivity index (χ3n) is 14.5. The van der Waals surface area contributed by atoms with E-state index in [1.165, 1.54) is 43.8 Å². The molecule has 44 heavy (non-hydrogen) atoms. The molecule has 4 aliphatic rings. The second-order valence-electron chi connectivity index (χ2n) is 17.2. The van der Waals surface area contributed by atoms with Crippen molar-refractivity contribution < 1.29 is 19.7 Å². The minimum absolute atomic E-state index is 0.0969. The number of hydrogen-bond acceptors (Lipinski definition) is 4. The van der Waals surface area contributed by atoms with Crippen molar-refractivity contribution in [3.8, 4) is 5.75 Å². The lowest BCUT2D eigenvalue weighted by Crippen LogP contribution is -2.64. The van der Waals surface area contributed by atoms with Crippen LogP contribution in [-0.4, -0.2) is 27.9 Å². The second-order valence-corrected chi connectivity index (χ2v) is 17.2. The topological polar surface area (TPSA) is 66.8 Å². The molecule has 0 amide bonds. The lowest BCUT2D eigenvalue weighted by atomic mass is 9.35. The summed E-state index contributed by atoms with van der Waals surface area (Å²) >= 11 is 0. The molecule has 2 N–H and O–H groups in total. The van der Waals surface area contributed by atoms with E-state index in [1.54, 1.807) is 30.3 Å². The van der Waals surface area contributed by atoms with Gasteiger partial charge in [-0.2, -0.15) is 0 Å². The monoisotopic (exact) mass is 604 g/mol. The van der Waals surface area contributed by atoms with Crippen molar-refractivity contribution in [1.29, 1.82) is 0 Å². The molecule has 0 saturated heterocycles. The SMILES string of the molecule is C=C(CC[C@](C)(O)[C@H]1CC[C@]2(C)[C@@H]1CC[C@@H]1[C@@]3(C)CC[C@H](OC(=O)C=Cc4ccc(O)cc4)C(C)(C)[C@H]3CC[C@]12C)C(C)C. The predicted octanol–water partition coefficient (Wildman–Crippen LogP) is 9.75. The Morgan fingerprint density at radius 1 is 0.977 bits per heavy atom. The molecule has 0 spiro atoms. The summed E-state index contributed by atoms with van der Waals surface area (Å²) in [4.78, 5) is 13.0. The maximum atomic E-state index is 13.0. The number of phenolic OH excluding ortho intramolecular Hbond substituents is 1. The summed E-state index contributed by atoms with van der Waals surface area (Å²) in [7, 11) is 0. The second kappa shape index (κ2) is 11.6. The summed E-state index contributed by atoms with van der Waals surface area (Å²) in [6.45, 7) is 23.3. The van der Waals surface area contributed by atoms with E-state index in [-0.39, 0.29) is 39.5 Å². The van der Waals surface area contributed by atoms with Crippen LogP contribution in [0.25, 0.3) is 6.08 Å². The van der Waals surface area contributed by atoms with Crippen LogP contribution < -0.4 is 0 Å². The van der Waals surface area contributed by atoms with Crippen molar-refractivity contribution in [1.82, 2.24) is 0 Å². The highest BCUT2D eigenvalue weighted by atomic mass is 16.5. The number of esters is 1. The van der Waals surface area contributed by atoms with Gasteiger partial charge in [-0.05, 0) is 141 Å². The molecule has 4 nitrogen and oxygen atoms in total. The minimum atomic E-state index is -0.648. The molecule has 9 atom stereocenters. The van der Waals surface area contributed by atoms with E-state index in [2.05, 4.69) is 62.0 Å². The summed E-state index contributed by atoms with van der Waals surface area (Å²) in [5, 5.41) is 21.4. The smallest absolute Gasteiger partial charge is 0.331 e. The first-order valence-corrected chi connectivity index (χ1v) is 17.5. The van der Waals surface area contributed by atoms with E-state index in [9.17, 15) is 15.0 Å². The number of fused-ring (bicyclic) bond motifs is 5. The summed E-state index contributed by atoms with van der Waals surface area (Å²) in [5.41, 5.74) is 2.07. The number of carbonyl (C=O) groups is 1. The molecule has 5 rings (SSSR count). The Bertz CT molecular complexity index is 1260. The van der Waals surface area contributed by atoms with Crippen LogP contribution in [0.4, 0.5) is 0 Å². The number of carbonyl (C=O) groups excluding carboxylic acids is 1. The van der Waals surface area contributed by atoms with E-state index in [0.29, 0.717) is 29.6 Å². The van der Waals surface area contributed by atoms with Gasteiger partial charge >= 0.3 is 5.97 Å². The van der Waals surface area contributed by atoms with Gasteiger partial charge in [-0.25, -0.2) is 4.79 Å². The van der Waals surface area contributed by atoms with Gasteiger partial charge in [-0.3, -0.25) is 0 Å². The van der Waals surface area contributed by atoms with Crippen molar-refractivity contribution in [2.24, 2.45) is 51.2 Å². The zero-order valence-electron chi connectivity index (χ0n) is 28.9. The zero-order valence-corrected chi connectivity index (χ0v) is 28.9. The zero-order chi connectivity index (χ0) is 32.3. The van der Waals surface area contributed by atoms with Gasteiger partial charge < -0.3 is 14.9 Å². The van der Waals surface area contributed by atoms with Crippen LogP contribution in [0.1, 0.15) is 125 Å². The highest BCUT2D eigenvalue weighted by Crippen LogP contribution is 2.76. The van der Waals surface area contributed by atoms with E-state index in [1.807, 2.05) is 0 Å². The lowest BCUT2D eigenvalue weighted by Gasteiger charge is -2.70. The number of hydrogen-bond donors (Lipinski definition) is 2. The standard InChI is InChI=1S/C40H60O4/c1-26(2)27(3)18-25-40(9,43)31-19-23-38(7)30(31)15-16-33-37(6)22-21-34(36(4,5)32(37)20-24-39(33,38)8)44-35(42)17-12-28-10-13-29(41)14-11-28/h10-14,17,26,30-34,41,43H,3,15-16,18-25H2,1-2,4-9H3/t30-,31+,32-,33-,34+,37+,38-,39-,40+/m1/s1. The number of aliphatic hydroxyl groups is 1. The van der Waals surface area contributed by atoms with Crippen LogP contribution in [0.15, 0.2) is 42.5 Å². The first kappa shape index (κ1) is 33.3. The summed E-state index contributed by atoms with van der Waals surface area (Å²) in [6, 6.07) is 6.84. The van der Waals surface area contributed by atoms with Gasteiger partial charge in [0.25, 0.3) is 0 Å². The Labute approximate surface area is 267 Å². The molecule has 1 aromatic carbocycles. The van der Waals surface area contributed by atoms with Crippen molar-refractivity contribution >= 4 is 12.0 Å². The fourth-order valence-electron chi connectivity index (χ4n) is 11.5. The van der Waals surface area contributed by atoms with Gasteiger partial charge in [-0.1, -0.05) is 72.8 Å². The molecule has 1 aromatic rings. The number of allylic oxidation sites excluding steroid dienone is 1. The number of ether oxygens (including phenoxy) is 1. The Morgan fingerprint density at radius 3 is 2.30 bits per heavy atom. The van der Waals surface area contributed by atoms with Crippen LogP contribution in [0.2, 0.25) is 0 Å². The highest BCUT2D eigenvalue weighted by Gasteiger charge is 2.69. The van der Waals surface area contributed by atoms with Crippen LogP contribution in [-0.2, 0) is 9.53 Å². The van der Waals surface area contributed by atoms with E-state index in [4.69, 9.17) is 4.74 Å². The number of aromatic hydroxyl groups is 1. The number of benzene rings is 1. The van der Waals surface area contributed by atoms with Gasteiger partial charge in [0, 0.05) is 11.5 Å². The normalized spacial score (nSPS) is 39.3. The van der Waals surface area contributed by atoms with E-state index in [0.717, 1.165) is 37.7 Å². The summed E-state index contributed by atoms with van der Waals surface area (Å²) < 4.78 is 6.19. The van der Waals surface area contributed by atoms with E-state index < -0.39 is 5.60 Å². The van der Waals surface area contributed by atoms with Crippen molar-refractivity contribution in [2.75, 3.05) is 0 Å². The minimum Gasteiger partial charge on any atom is -0.508 e.